The van der Waals surface area contributed by atoms with Gasteiger partial charge in [0.2, 0.25) is 0 Å². The van der Waals surface area contributed by atoms with Gasteiger partial charge in [-0.15, -0.1) is 0 Å². The van der Waals surface area contributed by atoms with Crippen molar-refractivity contribution in [2.24, 2.45) is 5.73 Å². The van der Waals surface area contributed by atoms with Gasteiger partial charge >= 0.3 is 0 Å². The van der Waals surface area contributed by atoms with Crippen LogP contribution in [-0.4, -0.2) is 36.5 Å². The third kappa shape index (κ3) is 4.00. The number of nitrogens with zero attached hydrogens (tertiary/aromatic N) is 1. The largest absolute Gasteiger partial charge is 0.484 e. The number of piperidine rings is 1. The first-order chi connectivity index (χ1) is 9.06. The normalized spacial score (nSPS) is 16.5. The summed E-state index contributed by atoms with van der Waals surface area (Å²) in [5.41, 5.74) is 5.80. The molecule has 19 heavy (non-hydrogen) atoms. The van der Waals surface area contributed by atoms with Crippen molar-refractivity contribution in [2.45, 2.75) is 18.9 Å². The van der Waals surface area contributed by atoms with E-state index in [2.05, 4.69) is 0 Å². The van der Waals surface area contributed by atoms with Crippen molar-refractivity contribution in [2.75, 3.05) is 19.7 Å². The Balaban J connectivity index is 1.84. The molecule has 0 unspecified atom stereocenters. The smallest absolute Gasteiger partial charge is 0.260 e. The van der Waals surface area contributed by atoms with Gasteiger partial charge in [-0.25, -0.2) is 0 Å². The maximum absolute atomic E-state index is 11.9. The molecular formula is C13H16Cl2N2O2. The number of hydrogen-bond donors (Lipinski definition) is 1. The first kappa shape index (κ1) is 14.4. The van der Waals surface area contributed by atoms with Crippen LogP contribution in [0.3, 0.4) is 0 Å². The molecule has 1 aliphatic rings. The summed E-state index contributed by atoms with van der Waals surface area (Å²) >= 11 is 11.7. The molecule has 0 aliphatic carbocycles. The highest BCUT2D eigenvalue weighted by Crippen LogP contribution is 2.26. The summed E-state index contributed by atoms with van der Waals surface area (Å²) in [5.74, 6) is 0.509. The van der Waals surface area contributed by atoms with Crippen LogP contribution < -0.4 is 10.5 Å². The van der Waals surface area contributed by atoms with Gasteiger partial charge in [0.15, 0.2) is 6.61 Å². The van der Waals surface area contributed by atoms with Crippen LogP contribution in [0.1, 0.15) is 12.8 Å². The highest BCUT2D eigenvalue weighted by molar-refractivity contribution is 6.42. The van der Waals surface area contributed by atoms with Crippen LogP contribution in [0.15, 0.2) is 18.2 Å². The minimum atomic E-state index is -0.0297. The monoisotopic (exact) mass is 302 g/mol. The van der Waals surface area contributed by atoms with Gasteiger partial charge in [0, 0.05) is 25.2 Å². The van der Waals surface area contributed by atoms with Gasteiger partial charge < -0.3 is 15.4 Å². The van der Waals surface area contributed by atoms with Gasteiger partial charge in [0.25, 0.3) is 5.91 Å². The second kappa shape index (κ2) is 6.46. The van der Waals surface area contributed by atoms with E-state index in [-0.39, 0.29) is 18.6 Å². The molecule has 0 bridgehead atoms. The SMILES string of the molecule is NC1CCN(C(=O)COc2ccc(Cl)c(Cl)c2)CC1. The van der Waals surface area contributed by atoms with Crippen molar-refractivity contribution >= 4 is 29.1 Å². The average molecular weight is 303 g/mol. The Kier molecular flexibility index (Phi) is 4.91. The maximum atomic E-state index is 11.9. The molecule has 0 radical (unpaired) electrons. The lowest BCUT2D eigenvalue weighted by molar-refractivity contribution is -0.134. The molecule has 1 heterocycles. The Hall–Kier alpha value is -0.970. The number of likely N-dealkylation sites (tertiary alicyclic amines) is 1. The summed E-state index contributed by atoms with van der Waals surface area (Å²) in [4.78, 5) is 13.7. The molecule has 0 atom stereocenters. The highest BCUT2D eigenvalue weighted by Gasteiger charge is 2.20. The summed E-state index contributed by atoms with van der Waals surface area (Å²) in [6.45, 7) is 1.41. The summed E-state index contributed by atoms with van der Waals surface area (Å²) in [6.07, 6.45) is 1.69. The summed E-state index contributed by atoms with van der Waals surface area (Å²) in [6, 6.07) is 5.14. The Labute approximate surface area is 122 Å². The molecule has 2 rings (SSSR count). The van der Waals surface area contributed by atoms with Gasteiger partial charge in [0.1, 0.15) is 5.75 Å². The first-order valence-corrected chi connectivity index (χ1v) is 6.93. The Morgan fingerprint density at radius 1 is 1.32 bits per heavy atom. The van der Waals surface area contributed by atoms with Crippen molar-refractivity contribution in [3.05, 3.63) is 28.2 Å². The predicted molar refractivity (Wildman–Crippen MR) is 75.7 cm³/mol. The molecule has 1 saturated heterocycles. The van der Waals surface area contributed by atoms with E-state index in [0.29, 0.717) is 28.9 Å². The second-order valence-corrected chi connectivity index (χ2v) is 5.40. The number of amides is 1. The van der Waals surface area contributed by atoms with Crippen LogP contribution in [-0.2, 0) is 4.79 Å². The number of carbonyl (C=O) groups excluding carboxylic acids is 1. The number of rotatable bonds is 3. The fraction of sp³-hybridized carbons (Fsp3) is 0.462. The first-order valence-electron chi connectivity index (χ1n) is 6.17. The average Bonchev–Trinajstić information content (AvgIpc) is 2.40. The number of carbonyl (C=O) groups is 1. The second-order valence-electron chi connectivity index (χ2n) is 4.58. The Morgan fingerprint density at radius 2 is 2.00 bits per heavy atom. The van der Waals surface area contributed by atoms with Gasteiger partial charge in [0.05, 0.1) is 10.0 Å². The van der Waals surface area contributed by atoms with Crippen molar-refractivity contribution < 1.29 is 9.53 Å². The maximum Gasteiger partial charge on any atom is 0.260 e. The van der Waals surface area contributed by atoms with Gasteiger partial charge in [-0.1, -0.05) is 23.2 Å². The molecule has 104 valence electrons. The number of hydrogen-bond acceptors (Lipinski definition) is 3. The topological polar surface area (TPSA) is 55.6 Å². The Morgan fingerprint density at radius 3 is 2.63 bits per heavy atom. The van der Waals surface area contributed by atoms with E-state index < -0.39 is 0 Å². The molecule has 1 aromatic carbocycles. The highest BCUT2D eigenvalue weighted by atomic mass is 35.5. The van der Waals surface area contributed by atoms with E-state index >= 15 is 0 Å². The summed E-state index contributed by atoms with van der Waals surface area (Å²) in [5, 5.41) is 0.876. The molecule has 1 aliphatic heterocycles. The van der Waals surface area contributed by atoms with E-state index in [1.54, 1.807) is 23.1 Å². The van der Waals surface area contributed by atoms with Crippen LogP contribution in [0.5, 0.6) is 5.75 Å². The van der Waals surface area contributed by atoms with E-state index in [0.717, 1.165) is 12.8 Å². The van der Waals surface area contributed by atoms with Crippen LogP contribution in [0.25, 0.3) is 0 Å². The van der Waals surface area contributed by atoms with E-state index in [9.17, 15) is 4.79 Å². The molecule has 4 nitrogen and oxygen atoms in total. The third-order valence-electron chi connectivity index (χ3n) is 3.15. The molecular weight excluding hydrogens is 287 g/mol. The minimum absolute atomic E-state index is 0.00714. The molecule has 6 heteroatoms. The molecule has 0 saturated carbocycles. The van der Waals surface area contributed by atoms with Crippen LogP contribution in [0.2, 0.25) is 10.0 Å². The zero-order valence-corrected chi connectivity index (χ0v) is 12.0. The van der Waals surface area contributed by atoms with Crippen molar-refractivity contribution in [3.8, 4) is 5.75 Å². The fourth-order valence-corrected chi connectivity index (χ4v) is 2.24. The summed E-state index contributed by atoms with van der Waals surface area (Å²) in [7, 11) is 0. The molecule has 0 aromatic heterocycles. The Bertz CT molecular complexity index is 460. The number of nitrogens with two attached hydrogens (primary N) is 1. The van der Waals surface area contributed by atoms with Crippen molar-refractivity contribution in [3.63, 3.8) is 0 Å². The lowest BCUT2D eigenvalue weighted by atomic mass is 10.1. The van der Waals surface area contributed by atoms with Crippen molar-refractivity contribution in [1.29, 1.82) is 0 Å². The predicted octanol–water partition coefficient (Wildman–Crippen LogP) is 2.32. The standard InChI is InChI=1S/C13H16Cl2N2O2/c14-11-2-1-10(7-12(11)15)19-8-13(18)17-5-3-9(16)4-6-17/h1-2,7,9H,3-6,8,16H2. The minimum Gasteiger partial charge on any atom is -0.484 e. The zero-order valence-electron chi connectivity index (χ0n) is 10.4. The quantitative estimate of drug-likeness (QED) is 0.932. The number of halogens is 2. The van der Waals surface area contributed by atoms with Gasteiger partial charge in [-0.2, -0.15) is 0 Å². The van der Waals surface area contributed by atoms with Crippen LogP contribution >= 0.6 is 23.2 Å². The molecule has 1 amide bonds. The van der Waals surface area contributed by atoms with Crippen LogP contribution in [0, 0.1) is 0 Å². The van der Waals surface area contributed by atoms with E-state index in [1.165, 1.54) is 0 Å². The fourth-order valence-electron chi connectivity index (χ4n) is 1.95. The van der Waals surface area contributed by atoms with Gasteiger partial charge in [-0.3, -0.25) is 4.79 Å². The number of benzene rings is 1. The molecule has 1 aromatic rings. The van der Waals surface area contributed by atoms with Crippen LogP contribution in [0.4, 0.5) is 0 Å². The molecule has 2 N–H and O–H groups in total. The van der Waals surface area contributed by atoms with Gasteiger partial charge in [-0.05, 0) is 25.0 Å². The van der Waals surface area contributed by atoms with E-state index in [4.69, 9.17) is 33.7 Å². The van der Waals surface area contributed by atoms with E-state index in [1.807, 2.05) is 0 Å². The lowest BCUT2D eigenvalue weighted by Gasteiger charge is -2.30. The molecule has 1 fully saturated rings. The summed E-state index contributed by atoms with van der Waals surface area (Å²) < 4.78 is 5.42. The van der Waals surface area contributed by atoms with Crippen molar-refractivity contribution in [1.82, 2.24) is 4.90 Å². The lowest BCUT2D eigenvalue weighted by Crippen LogP contribution is -2.44. The zero-order chi connectivity index (χ0) is 13.8. The molecule has 0 spiro atoms. The number of ether oxygens (including phenoxy) is 1. The third-order valence-corrected chi connectivity index (χ3v) is 3.88.